The van der Waals surface area contributed by atoms with Crippen LogP contribution in [0.25, 0.3) is 0 Å². The molecule has 0 aliphatic heterocycles. The van der Waals surface area contributed by atoms with E-state index in [1.54, 1.807) is 6.07 Å². The van der Waals surface area contributed by atoms with Gasteiger partial charge in [0.25, 0.3) is 0 Å². The van der Waals surface area contributed by atoms with E-state index in [2.05, 4.69) is 0 Å². The highest BCUT2D eigenvalue weighted by Gasteiger charge is 2.66. The molecule has 0 heterocycles. The molecule has 9 nitrogen and oxygen atoms in total. The fourth-order valence-electron chi connectivity index (χ4n) is 4.54. The molecule has 4 atom stereocenters. The van der Waals surface area contributed by atoms with E-state index in [-0.39, 0.29) is 5.56 Å². The number of nitrogens with zero attached hydrogens (tertiary/aromatic N) is 2. The van der Waals surface area contributed by atoms with E-state index >= 15 is 4.39 Å². The van der Waals surface area contributed by atoms with Crippen LogP contribution in [0.1, 0.15) is 23.0 Å². The number of esters is 2. The summed E-state index contributed by atoms with van der Waals surface area (Å²) >= 11 is 0. The lowest BCUT2D eigenvalue weighted by Crippen LogP contribution is -2.55. The molecule has 2 aromatic carbocycles. The number of carbonyl (C=O) groups is 2. The van der Waals surface area contributed by atoms with Crippen LogP contribution in [0, 0.1) is 38.5 Å². The summed E-state index contributed by atoms with van der Waals surface area (Å²) in [6.07, 6.45) is 0. The van der Waals surface area contributed by atoms with Gasteiger partial charge < -0.3 is 15.2 Å². The van der Waals surface area contributed by atoms with Crippen LogP contribution < -0.4 is 5.73 Å². The Labute approximate surface area is 192 Å². The van der Waals surface area contributed by atoms with Crippen molar-refractivity contribution in [2.45, 2.75) is 17.9 Å². The van der Waals surface area contributed by atoms with Gasteiger partial charge in [-0.05, 0) is 12.1 Å². The molecule has 0 spiro atoms. The predicted octanol–water partition coefficient (Wildman–Crippen LogP) is 2.56. The molecule has 11 heteroatoms. The van der Waals surface area contributed by atoms with E-state index in [0.29, 0.717) is 0 Å². The SMILES string of the molecule is COC(=O)C1=C(N)C(C#N)(C(=O)OC)C(c2ccccc2F)C([N+](=O)[O-])C1c1ccccc1F. The minimum Gasteiger partial charge on any atom is -0.468 e. The number of nitro groups is 1. The number of nitriles is 1. The summed E-state index contributed by atoms with van der Waals surface area (Å²) in [6, 6.07) is 9.27. The maximum Gasteiger partial charge on any atom is 0.336 e. The zero-order valence-corrected chi connectivity index (χ0v) is 18.0. The summed E-state index contributed by atoms with van der Waals surface area (Å²) in [6.45, 7) is 0. The van der Waals surface area contributed by atoms with E-state index in [0.717, 1.165) is 32.4 Å². The standard InChI is InChI=1S/C23H19F2N3O6/c1-33-21(29)17-16(12-7-3-5-9-14(12)24)19(28(31)32)18(13-8-4-6-10-15(13)25)23(11-26,20(17)27)22(30)34-2/h3-10,16,18-19H,27H2,1-2H3. The smallest absolute Gasteiger partial charge is 0.336 e. The average Bonchev–Trinajstić information content (AvgIpc) is 2.83. The predicted molar refractivity (Wildman–Crippen MR) is 112 cm³/mol. The maximum absolute atomic E-state index is 15.0. The van der Waals surface area contributed by atoms with Crippen LogP contribution in [0.5, 0.6) is 0 Å². The highest BCUT2D eigenvalue weighted by atomic mass is 19.1. The van der Waals surface area contributed by atoms with E-state index in [9.17, 15) is 29.4 Å². The van der Waals surface area contributed by atoms with E-state index < -0.39 is 68.6 Å². The molecule has 2 aromatic rings. The Morgan fingerprint density at radius 2 is 1.59 bits per heavy atom. The maximum atomic E-state index is 15.0. The highest BCUT2D eigenvalue weighted by Crippen LogP contribution is 2.55. The highest BCUT2D eigenvalue weighted by molar-refractivity contribution is 5.96. The Morgan fingerprint density at radius 1 is 1.06 bits per heavy atom. The molecule has 4 unspecified atom stereocenters. The number of halogens is 2. The summed E-state index contributed by atoms with van der Waals surface area (Å²) < 4.78 is 39.4. The number of hydrogen-bond donors (Lipinski definition) is 1. The molecule has 0 fully saturated rings. The number of ether oxygens (including phenoxy) is 2. The van der Waals surface area contributed by atoms with Gasteiger partial charge >= 0.3 is 11.9 Å². The summed E-state index contributed by atoms with van der Waals surface area (Å²) in [5.74, 6) is -8.06. The van der Waals surface area contributed by atoms with Crippen molar-refractivity contribution in [1.82, 2.24) is 0 Å². The second kappa shape index (κ2) is 9.27. The zero-order valence-electron chi connectivity index (χ0n) is 18.0. The van der Waals surface area contributed by atoms with Gasteiger partial charge in [0.2, 0.25) is 11.5 Å². The molecule has 0 radical (unpaired) electrons. The Hall–Kier alpha value is -4.33. The Balaban J connectivity index is 2.58. The molecule has 0 bridgehead atoms. The monoisotopic (exact) mass is 471 g/mol. The van der Waals surface area contributed by atoms with E-state index in [4.69, 9.17) is 15.2 Å². The second-order valence-corrected chi connectivity index (χ2v) is 7.50. The van der Waals surface area contributed by atoms with Gasteiger partial charge in [0, 0.05) is 16.1 Å². The average molecular weight is 471 g/mol. The Bertz CT molecular complexity index is 1240. The fraction of sp³-hybridized carbons (Fsp3) is 0.261. The van der Waals surface area contributed by atoms with Crippen molar-refractivity contribution < 1.29 is 32.8 Å². The third kappa shape index (κ3) is 3.53. The Morgan fingerprint density at radius 3 is 2.03 bits per heavy atom. The van der Waals surface area contributed by atoms with Gasteiger partial charge in [0.1, 0.15) is 11.6 Å². The van der Waals surface area contributed by atoms with Crippen molar-refractivity contribution in [1.29, 1.82) is 5.26 Å². The summed E-state index contributed by atoms with van der Waals surface area (Å²) in [5, 5.41) is 22.7. The number of carbonyl (C=O) groups excluding carboxylic acids is 2. The first-order valence-electron chi connectivity index (χ1n) is 9.87. The first-order chi connectivity index (χ1) is 16.2. The topological polar surface area (TPSA) is 146 Å². The molecule has 3 rings (SSSR count). The van der Waals surface area contributed by atoms with Crippen LogP contribution in [-0.4, -0.2) is 37.1 Å². The van der Waals surface area contributed by atoms with Crippen molar-refractivity contribution in [2.24, 2.45) is 11.1 Å². The van der Waals surface area contributed by atoms with Crippen molar-refractivity contribution in [3.63, 3.8) is 0 Å². The first-order valence-corrected chi connectivity index (χ1v) is 9.87. The van der Waals surface area contributed by atoms with Crippen LogP contribution in [-0.2, 0) is 19.1 Å². The molecule has 34 heavy (non-hydrogen) atoms. The normalized spacial score (nSPS) is 24.1. The minimum atomic E-state index is -2.69. The van der Waals surface area contributed by atoms with Crippen molar-refractivity contribution >= 4 is 11.9 Å². The molecule has 0 aromatic heterocycles. The molecule has 2 N–H and O–H groups in total. The third-order valence-electron chi connectivity index (χ3n) is 5.99. The van der Waals surface area contributed by atoms with Crippen LogP contribution in [0.2, 0.25) is 0 Å². The lowest BCUT2D eigenvalue weighted by Gasteiger charge is -2.42. The quantitative estimate of drug-likeness (QED) is 0.398. The van der Waals surface area contributed by atoms with E-state index in [1.165, 1.54) is 30.3 Å². The van der Waals surface area contributed by atoms with Crippen LogP contribution >= 0.6 is 0 Å². The van der Waals surface area contributed by atoms with Crippen LogP contribution in [0.3, 0.4) is 0 Å². The third-order valence-corrected chi connectivity index (χ3v) is 5.99. The van der Waals surface area contributed by atoms with E-state index in [1.807, 2.05) is 0 Å². The number of nitrogens with two attached hydrogens (primary N) is 1. The number of methoxy groups -OCH3 is 2. The van der Waals surface area contributed by atoms with Gasteiger partial charge in [0.15, 0.2) is 0 Å². The largest absolute Gasteiger partial charge is 0.468 e. The Kier molecular flexibility index (Phi) is 6.63. The molecule has 0 saturated heterocycles. The van der Waals surface area contributed by atoms with Gasteiger partial charge in [-0.25, -0.2) is 18.4 Å². The van der Waals surface area contributed by atoms with Gasteiger partial charge in [-0.1, -0.05) is 36.4 Å². The van der Waals surface area contributed by atoms with Crippen molar-refractivity contribution in [3.05, 3.63) is 92.7 Å². The molecule has 1 aliphatic carbocycles. The van der Waals surface area contributed by atoms with Gasteiger partial charge in [-0.3, -0.25) is 10.1 Å². The molecule has 0 saturated carbocycles. The van der Waals surface area contributed by atoms with Crippen molar-refractivity contribution in [3.8, 4) is 6.07 Å². The lowest BCUT2D eigenvalue weighted by atomic mass is 9.57. The molecule has 0 amide bonds. The molecular weight excluding hydrogens is 452 g/mol. The second-order valence-electron chi connectivity index (χ2n) is 7.50. The number of hydrogen-bond acceptors (Lipinski definition) is 8. The van der Waals surface area contributed by atoms with Gasteiger partial charge in [-0.2, -0.15) is 5.26 Å². The minimum absolute atomic E-state index is 0.315. The summed E-state index contributed by atoms with van der Waals surface area (Å²) in [4.78, 5) is 37.5. The van der Waals surface area contributed by atoms with Crippen molar-refractivity contribution in [2.75, 3.05) is 14.2 Å². The molecule has 1 aliphatic rings. The summed E-state index contributed by atoms with van der Waals surface area (Å²) in [5.41, 5.74) is 1.42. The summed E-state index contributed by atoms with van der Waals surface area (Å²) in [7, 11) is 1.87. The first kappa shape index (κ1) is 24.3. The molecular formula is C23H19F2N3O6. The van der Waals surface area contributed by atoms with Gasteiger partial charge in [-0.15, -0.1) is 0 Å². The number of benzene rings is 2. The number of rotatable bonds is 5. The van der Waals surface area contributed by atoms with Gasteiger partial charge in [0.05, 0.1) is 43.4 Å². The van der Waals surface area contributed by atoms with Crippen LogP contribution in [0.4, 0.5) is 8.78 Å². The molecule has 176 valence electrons. The van der Waals surface area contributed by atoms with Crippen LogP contribution in [0.15, 0.2) is 59.8 Å². The zero-order chi connectivity index (χ0) is 25.2. The fourth-order valence-corrected chi connectivity index (χ4v) is 4.54. The lowest BCUT2D eigenvalue weighted by molar-refractivity contribution is -0.532.